The van der Waals surface area contributed by atoms with E-state index < -0.39 is 6.10 Å². The molecule has 0 aliphatic carbocycles. The summed E-state index contributed by atoms with van der Waals surface area (Å²) in [6, 6.07) is 3.83. The average molecular weight is 238 g/mol. The topological polar surface area (TPSA) is 54.4 Å². The SMILES string of the molecule is CCNCc1nc(C)ccc1OC(C)C(C)O. The summed E-state index contributed by atoms with van der Waals surface area (Å²) < 4.78 is 5.71. The minimum absolute atomic E-state index is 0.236. The molecule has 0 aliphatic rings. The van der Waals surface area contributed by atoms with E-state index in [4.69, 9.17) is 4.74 Å². The molecule has 1 aromatic rings. The first-order valence-electron chi connectivity index (χ1n) is 6.06. The van der Waals surface area contributed by atoms with Gasteiger partial charge in [0.1, 0.15) is 11.9 Å². The fourth-order valence-corrected chi connectivity index (χ4v) is 1.37. The number of ether oxygens (including phenoxy) is 1. The predicted molar refractivity (Wildman–Crippen MR) is 68.1 cm³/mol. The number of nitrogens with one attached hydrogen (secondary N) is 1. The van der Waals surface area contributed by atoms with Crippen molar-refractivity contribution in [2.24, 2.45) is 0 Å². The summed E-state index contributed by atoms with van der Waals surface area (Å²) in [5, 5.41) is 12.7. The Morgan fingerprint density at radius 2 is 2.12 bits per heavy atom. The van der Waals surface area contributed by atoms with Gasteiger partial charge in [-0.1, -0.05) is 6.92 Å². The van der Waals surface area contributed by atoms with Crippen LogP contribution in [0.15, 0.2) is 12.1 Å². The molecule has 96 valence electrons. The third-order valence-electron chi connectivity index (χ3n) is 2.61. The standard InChI is InChI=1S/C13H22N2O2/c1-5-14-8-12-13(7-6-9(2)15-12)17-11(4)10(3)16/h6-7,10-11,14,16H,5,8H2,1-4H3. The summed E-state index contributed by atoms with van der Waals surface area (Å²) >= 11 is 0. The smallest absolute Gasteiger partial charge is 0.142 e. The van der Waals surface area contributed by atoms with Crippen LogP contribution in [-0.2, 0) is 6.54 Å². The molecule has 0 saturated carbocycles. The molecular formula is C13H22N2O2. The van der Waals surface area contributed by atoms with E-state index >= 15 is 0 Å². The number of hydrogen-bond acceptors (Lipinski definition) is 4. The molecule has 0 bridgehead atoms. The number of aromatic nitrogens is 1. The quantitative estimate of drug-likeness (QED) is 0.791. The third kappa shape index (κ3) is 4.32. The third-order valence-corrected chi connectivity index (χ3v) is 2.61. The first-order chi connectivity index (χ1) is 8.04. The van der Waals surface area contributed by atoms with Crippen molar-refractivity contribution in [3.8, 4) is 5.75 Å². The zero-order chi connectivity index (χ0) is 12.8. The first kappa shape index (κ1) is 13.9. The van der Waals surface area contributed by atoms with Gasteiger partial charge in [0.15, 0.2) is 0 Å². The van der Waals surface area contributed by atoms with Crippen LogP contribution in [-0.4, -0.2) is 28.8 Å². The maximum atomic E-state index is 9.44. The van der Waals surface area contributed by atoms with Crippen LogP contribution in [0.25, 0.3) is 0 Å². The highest BCUT2D eigenvalue weighted by Gasteiger charge is 2.13. The highest BCUT2D eigenvalue weighted by Crippen LogP contribution is 2.19. The molecule has 0 aliphatic heterocycles. The predicted octanol–water partition coefficient (Wildman–Crippen LogP) is 1.65. The summed E-state index contributed by atoms with van der Waals surface area (Å²) in [5.41, 5.74) is 1.86. The zero-order valence-electron chi connectivity index (χ0n) is 11.0. The largest absolute Gasteiger partial charge is 0.486 e. The second-order valence-corrected chi connectivity index (χ2v) is 4.24. The maximum Gasteiger partial charge on any atom is 0.142 e. The Morgan fingerprint density at radius 1 is 1.41 bits per heavy atom. The molecule has 0 fully saturated rings. The number of aliphatic hydroxyl groups excluding tert-OH is 1. The van der Waals surface area contributed by atoms with Crippen molar-refractivity contribution < 1.29 is 9.84 Å². The molecule has 1 aromatic heterocycles. The monoisotopic (exact) mass is 238 g/mol. The molecule has 0 saturated heterocycles. The number of aryl methyl sites for hydroxylation is 1. The lowest BCUT2D eigenvalue weighted by Crippen LogP contribution is -2.26. The van der Waals surface area contributed by atoms with E-state index in [0.717, 1.165) is 23.7 Å². The highest BCUT2D eigenvalue weighted by molar-refractivity contribution is 5.29. The molecule has 1 heterocycles. The second kappa shape index (κ2) is 6.57. The Balaban J connectivity index is 2.82. The van der Waals surface area contributed by atoms with E-state index in [0.29, 0.717) is 6.54 Å². The van der Waals surface area contributed by atoms with Gasteiger partial charge in [0, 0.05) is 12.2 Å². The number of nitrogens with zero attached hydrogens (tertiary/aromatic N) is 1. The van der Waals surface area contributed by atoms with Crippen molar-refractivity contribution in [1.29, 1.82) is 0 Å². The van der Waals surface area contributed by atoms with Crippen LogP contribution in [0.1, 0.15) is 32.2 Å². The maximum absolute atomic E-state index is 9.44. The summed E-state index contributed by atoms with van der Waals surface area (Å²) in [6.07, 6.45) is -0.733. The molecule has 2 atom stereocenters. The van der Waals surface area contributed by atoms with Crippen molar-refractivity contribution in [2.45, 2.75) is 46.4 Å². The van der Waals surface area contributed by atoms with E-state index in [2.05, 4.69) is 17.2 Å². The summed E-state index contributed by atoms with van der Waals surface area (Å²) in [6.45, 7) is 9.14. The number of aliphatic hydroxyl groups is 1. The Morgan fingerprint density at radius 3 is 2.71 bits per heavy atom. The fraction of sp³-hybridized carbons (Fsp3) is 0.615. The Hall–Kier alpha value is -1.13. The van der Waals surface area contributed by atoms with Gasteiger partial charge in [-0.3, -0.25) is 4.98 Å². The van der Waals surface area contributed by atoms with Crippen molar-refractivity contribution in [1.82, 2.24) is 10.3 Å². The Labute approximate surface area is 103 Å². The molecule has 4 heteroatoms. The summed E-state index contributed by atoms with van der Waals surface area (Å²) in [7, 11) is 0. The summed E-state index contributed by atoms with van der Waals surface area (Å²) in [4.78, 5) is 4.45. The van der Waals surface area contributed by atoms with Crippen LogP contribution in [0.4, 0.5) is 0 Å². The number of rotatable bonds is 6. The van der Waals surface area contributed by atoms with Crippen molar-refractivity contribution in [2.75, 3.05) is 6.54 Å². The molecule has 2 unspecified atom stereocenters. The van der Waals surface area contributed by atoms with Gasteiger partial charge in [-0.2, -0.15) is 0 Å². The van der Waals surface area contributed by atoms with Gasteiger partial charge in [0.05, 0.1) is 11.8 Å². The van der Waals surface area contributed by atoms with Gasteiger partial charge in [-0.25, -0.2) is 0 Å². The Kier molecular flexibility index (Phi) is 5.38. The van der Waals surface area contributed by atoms with Crippen LogP contribution in [0.2, 0.25) is 0 Å². The molecule has 0 aromatic carbocycles. The van der Waals surface area contributed by atoms with Gasteiger partial charge >= 0.3 is 0 Å². The van der Waals surface area contributed by atoms with Crippen LogP contribution in [0.5, 0.6) is 5.75 Å². The minimum atomic E-state index is -0.497. The van der Waals surface area contributed by atoms with E-state index in [1.54, 1.807) is 6.92 Å². The van der Waals surface area contributed by atoms with Crippen LogP contribution >= 0.6 is 0 Å². The number of pyridine rings is 1. The Bertz CT molecular complexity index is 353. The molecule has 1 rings (SSSR count). The molecule has 0 spiro atoms. The second-order valence-electron chi connectivity index (χ2n) is 4.24. The molecule has 2 N–H and O–H groups in total. The normalized spacial score (nSPS) is 14.4. The van der Waals surface area contributed by atoms with Gasteiger partial charge in [0.2, 0.25) is 0 Å². The van der Waals surface area contributed by atoms with E-state index in [1.165, 1.54) is 0 Å². The molecular weight excluding hydrogens is 216 g/mol. The van der Waals surface area contributed by atoms with Crippen molar-refractivity contribution in [3.63, 3.8) is 0 Å². The lowest BCUT2D eigenvalue weighted by Gasteiger charge is -2.19. The molecule has 4 nitrogen and oxygen atoms in total. The highest BCUT2D eigenvalue weighted by atomic mass is 16.5. The average Bonchev–Trinajstić information content (AvgIpc) is 2.29. The molecule has 0 amide bonds. The van der Waals surface area contributed by atoms with Gasteiger partial charge in [-0.05, 0) is 39.4 Å². The lowest BCUT2D eigenvalue weighted by molar-refractivity contribution is 0.0594. The van der Waals surface area contributed by atoms with E-state index in [-0.39, 0.29) is 6.10 Å². The van der Waals surface area contributed by atoms with Crippen molar-refractivity contribution in [3.05, 3.63) is 23.5 Å². The van der Waals surface area contributed by atoms with E-state index in [9.17, 15) is 5.11 Å². The van der Waals surface area contributed by atoms with Crippen LogP contribution < -0.4 is 10.1 Å². The molecule has 0 radical (unpaired) electrons. The zero-order valence-corrected chi connectivity index (χ0v) is 11.0. The fourth-order valence-electron chi connectivity index (χ4n) is 1.37. The first-order valence-corrected chi connectivity index (χ1v) is 6.06. The van der Waals surface area contributed by atoms with E-state index in [1.807, 2.05) is 26.0 Å². The number of hydrogen-bond donors (Lipinski definition) is 2. The molecule has 17 heavy (non-hydrogen) atoms. The van der Waals surface area contributed by atoms with Crippen LogP contribution in [0.3, 0.4) is 0 Å². The van der Waals surface area contributed by atoms with Crippen LogP contribution in [0, 0.1) is 6.92 Å². The van der Waals surface area contributed by atoms with Gasteiger partial charge in [0.25, 0.3) is 0 Å². The van der Waals surface area contributed by atoms with Gasteiger partial charge in [-0.15, -0.1) is 0 Å². The summed E-state index contributed by atoms with van der Waals surface area (Å²) in [5.74, 6) is 0.741. The minimum Gasteiger partial charge on any atom is -0.486 e. The van der Waals surface area contributed by atoms with Gasteiger partial charge < -0.3 is 15.2 Å². The lowest BCUT2D eigenvalue weighted by atomic mass is 10.2. The van der Waals surface area contributed by atoms with Crippen molar-refractivity contribution >= 4 is 0 Å².